The number of benzene rings is 3. The van der Waals surface area contributed by atoms with Crippen molar-refractivity contribution >= 4 is 15.5 Å². The quantitative estimate of drug-likeness (QED) is 0.671. The van der Waals surface area contributed by atoms with Crippen LogP contribution in [-0.2, 0) is 14.7 Å². The predicted molar refractivity (Wildman–Crippen MR) is 106 cm³/mol. The van der Waals surface area contributed by atoms with E-state index < -0.39 is 27.2 Å². The Kier molecular flexibility index (Phi) is 3.92. The van der Waals surface area contributed by atoms with Gasteiger partial charge in [-0.1, -0.05) is 48.5 Å². The minimum Gasteiger partial charge on any atom is -0.497 e. The van der Waals surface area contributed by atoms with E-state index in [0.29, 0.717) is 4.90 Å². The Morgan fingerprint density at radius 2 is 1.57 bits per heavy atom. The lowest BCUT2D eigenvalue weighted by molar-refractivity contribution is 0.0849. The van der Waals surface area contributed by atoms with E-state index in [4.69, 9.17) is 9.57 Å². The first-order valence-electron chi connectivity index (χ1n) is 9.09. The smallest absolute Gasteiger partial charge is 0.187 e. The average Bonchev–Trinajstić information content (AvgIpc) is 3.24. The Balaban J connectivity index is 1.68. The molecule has 0 N–H and O–H groups in total. The first-order chi connectivity index (χ1) is 13.6. The Morgan fingerprint density at radius 3 is 2.29 bits per heavy atom. The highest BCUT2D eigenvalue weighted by Crippen LogP contribution is 2.54. The van der Waals surface area contributed by atoms with Crippen molar-refractivity contribution < 1.29 is 18.0 Å². The summed E-state index contributed by atoms with van der Waals surface area (Å²) >= 11 is 0. The molecule has 0 aromatic heterocycles. The summed E-state index contributed by atoms with van der Waals surface area (Å²) in [6, 6.07) is 23.8. The minimum atomic E-state index is -3.53. The van der Waals surface area contributed by atoms with Crippen molar-refractivity contribution in [3.05, 3.63) is 90.0 Å². The molecule has 2 aliphatic heterocycles. The molecule has 0 radical (unpaired) electrons. The first-order valence-corrected chi connectivity index (χ1v) is 10.6. The van der Waals surface area contributed by atoms with Gasteiger partial charge in [0.2, 0.25) is 0 Å². The molecule has 3 atom stereocenters. The first kappa shape index (κ1) is 17.3. The van der Waals surface area contributed by atoms with Crippen LogP contribution in [0, 0.1) is 0 Å². The number of sulfone groups is 1. The van der Waals surface area contributed by atoms with E-state index in [2.05, 4.69) is 0 Å². The van der Waals surface area contributed by atoms with E-state index in [-0.39, 0.29) is 0 Å². The second-order valence-corrected chi connectivity index (χ2v) is 9.03. The maximum atomic E-state index is 13.4. The molecule has 2 heterocycles. The van der Waals surface area contributed by atoms with E-state index in [1.807, 2.05) is 66.7 Å². The van der Waals surface area contributed by atoms with Crippen molar-refractivity contribution in [1.29, 1.82) is 0 Å². The monoisotopic (exact) mass is 393 g/mol. The molecule has 5 rings (SSSR count). The van der Waals surface area contributed by atoms with Crippen molar-refractivity contribution in [2.45, 2.75) is 22.3 Å². The van der Waals surface area contributed by atoms with E-state index in [9.17, 15) is 8.42 Å². The van der Waals surface area contributed by atoms with Crippen molar-refractivity contribution in [2.24, 2.45) is 0 Å². The van der Waals surface area contributed by atoms with Crippen molar-refractivity contribution in [3.8, 4) is 5.75 Å². The molecule has 6 heteroatoms. The van der Waals surface area contributed by atoms with Crippen LogP contribution >= 0.6 is 0 Å². The van der Waals surface area contributed by atoms with Crippen LogP contribution in [-0.4, -0.2) is 20.8 Å². The van der Waals surface area contributed by atoms with E-state index in [1.165, 1.54) is 0 Å². The lowest BCUT2D eigenvalue weighted by Crippen LogP contribution is -2.30. The molecule has 3 aromatic rings. The Morgan fingerprint density at radius 1 is 0.893 bits per heavy atom. The molecule has 1 saturated heterocycles. The molecule has 0 spiro atoms. The summed E-state index contributed by atoms with van der Waals surface area (Å²) in [6.07, 6.45) is -0.534. The topological polar surface area (TPSA) is 55.8 Å². The molecule has 3 aromatic carbocycles. The lowest BCUT2D eigenvalue weighted by atomic mass is 9.97. The third-order valence-electron chi connectivity index (χ3n) is 5.45. The summed E-state index contributed by atoms with van der Waals surface area (Å²) in [6.45, 7) is 0. The number of nitrogens with zero attached hydrogens (tertiary/aromatic N) is 1. The van der Waals surface area contributed by atoms with Gasteiger partial charge in [-0.2, -0.15) is 0 Å². The number of rotatable bonds is 3. The van der Waals surface area contributed by atoms with Crippen LogP contribution in [0.25, 0.3) is 0 Å². The summed E-state index contributed by atoms with van der Waals surface area (Å²) in [5.41, 5.74) is 2.42. The number of ether oxygens (including phenoxy) is 1. The van der Waals surface area contributed by atoms with Gasteiger partial charge in [0, 0.05) is 5.56 Å². The SMILES string of the molecule is COc1ccc(C2C3C(ON2c2ccccc2)c2ccccc2S3(=O)=O)cc1. The second-order valence-electron chi connectivity index (χ2n) is 6.95. The zero-order valence-electron chi connectivity index (χ0n) is 15.2. The highest BCUT2D eigenvalue weighted by molar-refractivity contribution is 7.92. The van der Waals surface area contributed by atoms with Crippen molar-refractivity contribution in [3.63, 3.8) is 0 Å². The molecular weight excluding hydrogens is 374 g/mol. The van der Waals surface area contributed by atoms with E-state index in [0.717, 1.165) is 22.6 Å². The normalized spacial score (nSPS) is 24.6. The lowest BCUT2D eigenvalue weighted by Gasteiger charge is -2.27. The number of para-hydroxylation sites is 1. The summed E-state index contributed by atoms with van der Waals surface area (Å²) in [4.78, 5) is 6.65. The van der Waals surface area contributed by atoms with Gasteiger partial charge in [-0.05, 0) is 35.9 Å². The van der Waals surface area contributed by atoms with Crippen LogP contribution in [0.1, 0.15) is 23.3 Å². The van der Waals surface area contributed by atoms with Crippen LogP contribution in [0.3, 0.4) is 0 Å². The molecule has 0 bridgehead atoms. The molecule has 1 fully saturated rings. The van der Waals surface area contributed by atoms with Gasteiger partial charge in [-0.3, -0.25) is 4.84 Å². The van der Waals surface area contributed by atoms with Gasteiger partial charge in [0.05, 0.1) is 17.7 Å². The van der Waals surface area contributed by atoms with Crippen molar-refractivity contribution in [2.75, 3.05) is 12.2 Å². The maximum absolute atomic E-state index is 13.4. The molecule has 2 aliphatic rings. The number of hydrogen-bond acceptors (Lipinski definition) is 5. The van der Waals surface area contributed by atoms with Crippen molar-refractivity contribution in [1.82, 2.24) is 0 Å². The zero-order valence-corrected chi connectivity index (χ0v) is 16.0. The molecule has 5 nitrogen and oxygen atoms in total. The number of hydrogen-bond donors (Lipinski definition) is 0. The van der Waals surface area contributed by atoms with Gasteiger partial charge in [0.25, 0.3) is 0 Å². The van der Waals surface area contributed by atoms with Gasteiger partial charge >= 0.3 is 0 Å². The minimum absolute atomic E-state index is 0.372. The predicted octanol–water partition coefficient (Wildman–Crippen LogP) is 4.09. The third-order valence-corrected chi connectivity index (χ3v) is 7.65. The van der Waals surface area contributed by atoms with Gasteiger partial charge in [-0.25, -0.2) is 13.5 Å². The molecular formula is C22H19NO4S. The summed E-state index contributed by atoms with van der Waals surface area (Å²) in [7, 11) is -1.93. The fourth-order valence-electron chi connectivity index (χ4n) is 4.16. The number of methoxy groups -OCH3 is 1. The second kappa shape index (κ2) is 6.36. The molecule has 28 heavy (non-hydrogen) atoms. The summed E-state index contributed by atoms with van der Waals surface area (Å²) in [5, 5.41) is 1.03. The molecule has 3 unspecified atom stereocenters. The molecule has 0 aliphatic carbocycles. The van der Waals surface area contributed by atoms with Crippen LogP contribution < -0.4 is 9.80 Å². The van der Waals surface area contributed by atoms with Crippen LogP contribution in [0.5, 0.6) is 5.75 Å². The highest BCUT2D eigenvalue weighted by atomic mass is 32.2. The molecule has 0 amide bonds. The van der Waals surface area contributed by atoms with Gasteiger partial charge in [0.15, 0.2) is 9.84 Å². The maximum Gasteiger partial charge on any atom is 0.187 e. The van der Waals surface area contributed by atoms with Crippen LogP contribution in [0.2, 0.25) is 0 Å². The highest BCUT2D eigenvalue weighted by Gasteiger charge is 2.58. The van der Waals surface area contributed by atoms with E-state index in [1.54, 1.807) is 24.3 Å². The molecule has 0 saturated carbocycles. The third kappa shape index (κ3) is 2.45. The Hall–Kier alpha value is -2.83. The Labute approximate surface area is 164 Å². The summed E-state index contributed by atoms with van der Waals surface area (Å²) in [5.74, 6) is 0.725. The van der Waals surface area contributed by atoms with Gasteiger partial charge in [-0.15, -0.1) is 0 Å². The summed E-state index contributed by atoms with van der Waals surface area (Å²) < 4.78 is 32.1. The van der Waals surface area contributed by atoms with Gasteiger partial charge in [0.1, 0.15) is 23.1 Å². The standard InChI is InChI=1S/C22H19NO4S/c1-26-17-13-11-15(12-14-17)20-22-21(27-23(20)16-7-3-2-4-8-16)18-9-5-6-10-19(18)28(22,24)25/h2-14,20-22H,1H3. The molecule has 142 valence electrons. The van der Waals surface area contributed by atoms with Gasteiger partial charge < -0.3 is 4.74 Å². The fraction of sp³-hybridized carbons (Fsp3) is 0.182. The fourth-order valence-corrected chi connectivity index (χ4v) is 6.36. The zero-order chi connectivity index (χ0) is 19.3. The average molecular weight is 393 g/mol. The number of anilines is 1. The number of fused-ring (bicyclic) bond motifs is 3. The largest absolute Gasteiger partial charge is 0.497 e. The van der Waals surface area contributed by atoms with Crippen LogP contribution in [0.15, 0.2) is 83.8 Å². The number of hydroxylamine groups is 1. The van der Waals surface area contributed by atoms with E-state index >= 15 is 0 Å². The van der Waals surface area contributed by atoms with Crippen LogP contribution in [0.4, 0.5) is 5.69 Å². The Bertz CT molecular complexity index is 1110.